The third-order valence-electron chi connectivity index (χ3n) is 9.85. The van der Waals surface area contributed by atoms with Crippen molar-refractivity contribution in [2.24, 2.45) is 0 Å². The van der Waals surface area contributed by atoms with Gasteiger partial charge in [0.25, 0.3) is 0 Å². The number of hydrogen-bond acceptors (Lipinski definition) is 1. The van der Waals surface area contributed by atoms with Crippen LogP contribution in [0.3, 0.4) is 0 Å². The molecule has 0 amide bonds. The molecule has 0 fully saturated rings. The summed E-state index contributed by atoms with van der Waals surface area (Å²) in [4.78, 5) is 0. The Morgan fingerprint density at radius 1 is 0.298 bits per heavy atom. The lowest BCUT2D eigenvalue weighted by Gasteiger charge is -2.20. The van der Waals surface area contributed by atoms with Crippen molar-refractivity contribution in [1.82, 2.24) is 0 Å². The minimum absolute atomic E-state index is 0.902. The molecule has 0 saturated carbocycles. The minimum Gasteiger partial charge on any atom is -0.455 e. The number of benzene rings is 9. The Bertz CT molecular complexity index is 2750. The first-order valence-electron chi connectivity index (χ1n) is 16.2. The molecule has 1 nitrogen and oxygen atoms in total. The highest BCUT2D eigenvalue weighted by molar-refractivity contribution is 6.31. The molecule has 10 rings (SSSR count). The number of hydrogen-bond donors (Lipinski definition) is 0. The summed E-state index contributed by atoms with van der Waals surface area (Å²) in [5, 5.41) is 9.98. The van der Waals surface area contributed by atoms with Gasteiger partial charge in [-0.15, -0.1) is 0 Å². The van der Waals surface area contributed by atoms with Gasteiger partial charge < -0.3 is 4.42 Å². The van der Waals surface area contributed by atoms with Gasteiger partial charge >= 0.3 is 0 Å². The maximum absolute atomic E-state index is 6.70. The van der Waals surface area contributed by atoms with Crippen LogP contribution in [0, 0.1) is 0 Å². The summed E-state index contributed by atoms with van der Waals surface area (Å²) >= 11 is 0. The van der Waals surface area contributed by atoms with Crippen LogP contribution in [-0.2, 0) is 0 Å². The van der Waals surface area contributed by atoms with Crippen LogP contribution >= 0.6 is 0 Å². The van der Waals surface area contributed by atoms with Gasteiger partial charge in [-0.2, -0.15) is 0 Å². The third kappa shape index (κ3) is 3.90. The van der Waals surface area contributed by atoms with Crippen molar-refractivity contribution in [3.8, 4) is 44.5 Å². The molecule has 9 aromatic carbocycles. The van der Waals surface area contributed by atoms with E-state index in [9.17, 15) is 0 Å². The molecular formula is C46H28O. The molecule has 1 heterocycles. The van der Waals surface area contributed by atoms with Crippen LogP contribution in [0.4, 0.5) is 0 Å². The predicted octanol–water partition coefficient (Wildman–Crippen LogP) is 13.2. The molecule has 1 heteroatoms. The zero-order chi connectivity index (χ0) is 30.9. The van der Waals surface area contributed by atoms with Gasteiger partial charge in [0.15, 0.2) is 0 Å². The molecule has 0 aliphatic carbocycles. The number of fused-ring (bicyclic) bond motifs is 3. The van der Waals surface area contributed by atoms with Gasteiger partial charge in [-0.25, -0.2) is 0 Å². The standard InChI is InChI=1S/C46H28O/c1-4-12-29(13-5-1)33-24-22-32-23-25-38-41(28-40(31-16-8-3-9-17-31)37-27-26-36(33)43(32)45(37)38)35-19-11-21-42-44(35)39-20-10-18-34(46(39)47-42)30-14-6-2-7-15-30/h1-28H. The van der Waals surface area contributed by atoms with Crippen molar-refractivity contribution in [1.29, 1.82) is 0 Å². The molecule has 218 valence electrons. The van der Waals surface area contributed by atoms with E-state index in [0.29, 0.717) is 0 Å². The Morgan fingerprint density at radius 3 is 1.57 bits per heavy atom. The minimum atomic E-state index is 0.902. The Hall–Kier alpha value is -6.18. The lowest BCUT2D eigenvalue weighted by atomic mass is 9.83. The largest absolute Gasteiger partial charge is 0.455 e. The van der Waals surface area contributed by atoms with Crippen LogP contribution in [0.15, 0.2) is 174 Å². The van der Waals surface area contributed by atoms with Gasteiger partial charge in [0.2, 0.25) is 0 Å². The lowest BCUT2D eigenvalue weighted by Crippen LogP contribution is -1.92. The SMILES string of the molecule is c1ccc(-c2ccc3ccc4c(-c5cccc6oc7c(-c8ccccc8)cccc7c56)cc(-c5ccccc5)c5ccc2c3c54)cc1. The fourth-order valence-electron chi connectivity index (χ4n) is 7.76. The Morgan fingerprint density at radius 2 is 0.851 bits per heavy atom. The molecule has 0 saturated heterocycles. The summed E-state index contributed by atoms with van der Waals surface area (Å²) < 4.78 is 6.70. The van der Waals surface area contributed by atoms with Crippen molar-refractivity contribution >= 4 is 54.3 Å². The highest BCUT2D eigenvalue weighted by Gasteiger charge is 2.21. The first-order chi connectivity index (χ1) is 23.3. The normalized spacial score (nSPS) is 11.8. The van der Waals surface area contributed by atoms with Gasteiger partial charge in [0.1, 0.15) is 11.2 Å². The van der Waals surface area contributed by atoms with Crippen molar-refractivity contribution in [3.63, 3.8) is 0 Å². The molecule has 0 atom stereocenters. The van der Waals surface area contributed by atoms with Crippen LogP contribution < -0.4 is 0 Å². The topological polar surface area (TPSA) is 13.1 Å². The predicted molar refractivity (Wildman–Crippen MR) is 199 cm³/mol. The van der Waals surface area contributed by atoms with E-state index in [2.05, 4.69) is 170 Å². The average molecular weight is 597 g/mol. The molecule has 0 bridgehead atoms. The van der Waals surface area contributed by atoms with Crippen molar-refractivity contribution in [2.75, 3.05) is 0 Å². The molecule has 47 heavy (non-hydrogen) atoms. The van der Waals surface area contributed by atoms with Crippen molar-refractivity contribution in [2.45, 2.75) is 0 Å². The van der Waals surface area contributed by atoms with E-state index in [4.69, 9.17) is 4.42 Å². The van der Waals surface area contributed by atoms with Crippen molar-refractivity contribution in [3.05, 3.63) is 170 Å². The number of para-hydroxylation sites is 1. The quantitative estimate of drug-likeness (QED) is 0.184. The van der Waals surface area contributed by atoms with Gasteiger partial charge in [0.05, 0.1) is 0 Å². The number of rotatable bonds is 4. The van der Waals surface area contributed by atoms with E-state index in [0.717, 1.165) is 33.1 Å². The van der Waals surface area contributed by atoms with Crippen LogP contribution in [0.2, 0.25) is 0 Å². The maximum Gasteiger partial charge on any atom is 0.143 e. The van der Waals surface area contributed by atoms with Crippen LogP contribution in [0.1, 0.15) is 0 Å². The summed E-state index contributed by atoms with van der Waals surface area (Å²) in [6.07, 6.45) is 0. The summed E-state index contributed by atoms with van der Waals surface area (Å²) in [5.41, 5.74) is 11.4. The van der Waals surface area contributed by atoms with Crippen LogP contribution in [0.5, 0.6) is 0 Å². The first kappa shape index (κ1) is 26.1. The highest BCUT2D eigenvalue weighted by atomic mass is 16.3. The lowest BCUT2D eigenvalue weighted by molar-refractivity contribution is 0.670. The Balaban J connectivity index is 1.34. The molecule has 0 radical (unpaired) electrons. The molecule has 10 aromatic rings. The van der Waals surface area contributed by atoms with E-state index in [1.54, 1.807) is 0 Å². The fraction of sp³-hybridized carbons (Fsp3) is 0. The third-order valence-corrected chi connectivity index (χ3v) is 9.85. The molecule has 1 aromatic heterocycles. The van der Waals surface area contributed by atoms with E-state index >= 15 is 0 Å². The van der Waals surface area contributed by atoms with Gasteiger partial charge in [-0.3, -0.25) is 0 Å². The number of furan rings is 1. The smallest absolute Gasteiger partial charge is 0.143 e. The van der Waals surface area contributed by atoms with Crippen molar-refractivity contribution < 1.29 is 4.42 Å². The highest BCUT2D eigenvalue weighted by Crippen LogP contribution is 2.48. The summed E-state index contributed by atoms with van der Waals surface area (Å²) in [6.45, 7) is 0. The Kier molecular flexibility index (Phi) is 5.64. The van der Waals surface area contributed by atoms with Gasteiger partial charge in [-0.05, 0) is 83.4 Å². The monoisotopic (exact) mass is 596 g/mol. The zero-order valence-electron chi connectivity index (χ0n) is 25.6. The van der Waals surface area contributed by atoms with Crippen LogP contribution in [-0.4, -0.2) is 0 Å². The Labute approximate surface area is 272 Å². The summed E-state index contributed by atoms with van der Waals surface area (Å²) in [5.74, 6) is 0. The summed E-state index contributed by atoms with van der Waals surface area (Å²) in [7, 11) is 0. The van der Waals surface area contributed by atoms with E-state index in [-0.39, 0.29) is 0 Å². The average Bonchev–Trinajstić information content (AvgIpc) is 3.54. The maximum atomic E-state index is 6.70. The molecule has 0 spiro atoms. The fourth-order valence-corrected chi connectivity index (χ4v) is 7.76. The second-order valence-corrected chi connectivity index (χ2v) is 12.4. The van der Waals surface area contributed by atoms with Crippen LogP contribution in [0.25, 0.3) is 98.8 Å². The van der Waals surface area contributed by atoms with Gasteiger partial charge in [0, 0.05) is 16.3 Å². The summed E-state index contributed by atoms with van der Waals surface area (Å²) in [6, 6.07) is 61.4. The molecule has 0 aliphatic heterocycles. The zero-order valence-corrected chi connectivity index (χ0v) is 25.6. The van der Waals surface area contributed by atoms with Gasteiger partial charge in [-0.1, -0.05) is 158 Å². The van der Waals surface area contributed by atoms with E-state index < -0.39 is 0 Å². The molecule has 0 aliphatic rings. The van der Waals surface area contributed by atoms with E-state index in [1.807, 2.05) is 0 Å². The van der Waals surface area contributed by atoms with E-state index in [1.165, 1.54) is 65.7 Å². The molecule has 0 unspecified atom stereocenters. The molecule has 0 N–H and O–H groups in total. The second-order valence-electron chi connectivity index (χ2n) is 12.4. The second kappa shape index (κ2) is 10.2. The first-order valence-corrected chi connectivity index (χ1v) is 16.2. The molecular weight excluding hydrogens is 569 g/mol.